The number of halogens is 1. The number of fused-ring (bicyclic) bond motifs is 1. The number of likely N-dealkylation sites (tertiary alicyclic amines) is 1. The summed E-state index contributed by atoms with van der Waals surface area (Å²) in [6.07, 6.45) is 3.64. The number of carbonyl (C=O) groups is 3. The van der Waals surface area contributed by atoms with E-state index in [1.807, 2.05) is 0 Å². The summed E-state index contributed by atoms with van der Waals surface area (Å²) in [5.41, 5.74) is 0.736. The molecular weight excluding hydrogens is 470 g/mol. The van der Waals surface area contributed by atoms with Crippen LogP contribution in [0.4, 0.5) is 5.69 Å². The molecule has 0 bridgehead atoms. The molecule has 8 nitrogen and oxygen atoms in total. The maximum atomic E-state index is 12.9. The van der Waals surface area contributed by atoms with Crippen molar-refractivity contribution in [2.75, 3.05) is 44.3 Å². The topological polar surface area (TPSA) is 88.2 Å². The third-order valence-corrected chi connectivity index (χ3v) is 6.61. The van der Waals surface area contributed by atoms with Crippen LogP contribution < -0.4 is 19.7 Å². The van der Waals surface area contributed by atoms with E-state index in [2.05, 4.69) is 10.2 Å². The molecule has 2 heterocycles. The Bertz CT molecular complexity index is 1090. The number of hydrogen-bond donors (Lipinski definition) is 1. The van der Waals surface area contributed by atoms with Crippen LogP contribution in [-0.2, 0) is 9.59 Å². The average molecular weight is 500 g/mol. The first kappa shape index (κ1) is 25.0. The quantitative estimate of drug-likeness (QED) is 0.532. The van der Waals surface area contributed by atoms with E-state index in [0.29, 0.717) is 34.3 Å². The second-order valence-corrected chi connectivity index (χ2v) is 9.15. The Hall–Kier alpha value is -3.10. The number of benzene rings is 2. The molecule has 0 aromatic heterocycles. The van der Waals surface area contributed by atoms with Crippen molar-refractivity contribution in [3.8, 4) is 11.5 Å². The third-order valence-electron chi connectivity index (χ3n) is 6.30. The van der Waals surface area contributed by atoms with Crippen LogP contribution in [0, 0.1) is 0 Å². The highest BCUT2D eigenvalue weighted by molar-refractivity contribution is 6.32. The van der Waals surface area contributed by atoms with Crippen LogP contribution in [0.2, 0.25) is 5.02 Å². The zero-order valence-corrected chi connectivity index (χ0v) is 20.6. The summed E-state index contributed by atoms with van der Waals surface area (Å²) in [6, 6.07) is 11.0. The Kier molecular flexibility index (Phi) is 8.25. The molecule has 2 aliphatic rings. The predicted octanol–water partition coefficient (Wildman–Crippen LogP) is 3.32. The molecule has 186 valence electrons. The first-order valence-corrected chi connectivity index (χ1v) is 12.3. The van der Waals surface area contributed by atoms with E-state index in [1.54, 1.807) is 49.4 Å². The fourth-order valence-electron chi connectivity index (χ4n) is 4.34. The molecule has 1 atom stereocenters. The van der Waals surface area contributed by atoms with Crippen LogP contribution in [0.25, 0.3) is 0 Å². The van der Waals surface area contributed by atoms with Crippen LogP contribution in [-0.4, -0.2) is 67.9 Å². The van der Waals surface area contributed by atoms with Gasteiger partial charge in [-0.1, -0.05) is 30.2 Å². The van der Waals surface area contributed by atoms with Crippen molar-refractivity contribution in [1.29, 1.82) is 0 Å². The van der Waals surface area contributed by atoms with Gasteiger partial charge in [-0.3, -0.25) is 19.3 Å². The number of piperidine rings is 1. The lowest BCUT2D eigenvalue weighted by atomic mass is 10.1. The Morgan fingerprint density at radius 3 is 2.69 bits per heavy atom. The molecule has 0 radical (unpaired) electrons. The number of ether oxygens (including phenoxy) is 2. The number of Topliss-reactive ketones (excluding diaryl/α,β-unsaturated/α-hetero) is 1. The minimum Gasteiger partial charge on any atom is -0.484 e. The molecule has 2 aromatic rings. The van der Waals surface area contributed by atoms with E-state index in [0.717, 1.165) is 19.6 Å². The monoisotopic (exact) mass is 499 g/mol. The van der Waals surface area contributed by atoms with E-state index in [1.165, 1.54) is 24.2 Å². The number of rotatable bonds is 9. The Morgan fingerprint density at radius 1 is 1.14 bits per heavy atom. The van der Waals surface area contributed by atoms with Crippen molar-refractivity contribution >= 4 is 34.9 Å². The van der Waals surface area contributed by atoms with Crippen LogP contribution in [0.5, 0.6) is 11.5 Å². The SMILES string of the molecule is CC(C(=O)NCCN1CCCCC1)N1C(=O)COc2ccc(C(=O)COc3ccccc3Cl)cc21. The van der Waals surface area contributed by atoms with Gasteiger partial charge in [0.2, 0.25) is 5.91 Å². The highest BCUT2D eigenvalue weighted by Gasteiger charge is 2.33. The molecule has 0 aliphatic carbocycles. The molecule has 1 saturated heterocycles. The van der Waals surface area contributed by atoms with Crippen LogP contribution in [0.3, 0.4) is 0 Å². The lowest BCUT2D eigenvalue weighted by Gasteiger charge is -2.34. The molecular formula is C26H30ClN3O5. The average Bonchev–Trinajstić information content (AvgIpc) is 2.88. The second kappa shape index (κ2) is 11.6. The van der Waals surface area contributed by atoms with Crippen molar-refractivity contribution in [2.45, 2.75) is 32.2 Å². The fourth-order valence-corrected chi connectivity index (χ4v) is 4.53. The summed E-state index contributed by atoms with van der Waals surface area (Å²) < 4.78 is 11.1. The first-order chi connectivity index (χ1) is 16.9. The fraction of sp³-hybridized carbons (Fsp3) is 0.423. The summed E-state index contributed by atoms with van der Waals surface area (Å²) in [5.74, 6) is -0.0176. The summed E-state index contributed by atoms with van der Waals surface area (Å²) in [5, 5.41) is 3.36. The van der Waals surface area contributed by atoms with Crippen molar-refractivity contribution in [1.82, 2.24) is 10.2 Å². The number of para-hydroxylation sites is 1. The van der Waals surface area contributed by atoms with Gasteiger partial charge in [0.05, 0.1) is 10.7 Å². The van der Waals surface area contributed by atoms with Crippen molar-refractivity contribution < 1.29 is 23.9 Å². The lowest BCUT2D eigenvalue weighted by molar-refractivity contribution is -0.127. The molecule has 0 saturated carbocycles. The maximum Gasteiger partial charge on any atom is 0.265 e. The first-order valence-electron chi connectivity index (χ1n) is 11.9. The van der Waals surface area contributed by atoms with Gasteiger partial charge in [0.25, 0.3) is 5.91 Å². The van der Waals surface area contributed by atoms with Crippen LogP contribution in [0.1, 0.15) is 36.5 Å². The number of anilines is 1. The van der Waals surface area contributed by atoms with Gasteiger partial charge in [-0.2, -0.15) is 0 Å². The van der Waals surface area contributed by atoms with E-state index >= 15 is 0 Å². The number of ketones is 1. The van der Waals surface area contributed by atoms with Gasteiger partial charge in [-0.15, -0.1) is 0 Å². The Morgan fingerprint density at radius 2 is 1.91 bits per heavy atom. The highest BCUT2D eigenvalue weighted by Crippen LogP contribution is 2.34. The van der Waals surface area contributed by atoms with Gasteiger partial charge in [0.1, 0.15) is 17.5 Å². The summed E-state index contributed by atoms with van der Waals surface area (Å²) in [7, 11) is 0. The number of nitrogens with one attached hydrogen (secondary N) is 1. The number of amides is 2. The van der Waals surface area contributed by atoms with Crippen molar-refractivity contribution in [2.24, 2.45) is 0 Å². The van der Waals surface area contributed by atoms with Gasteiger partial charge in [0.15, 0.2) is 19.0 Å². The van der Waals surface area contributed by atoms with Crippen molar-refractivity contribution in [3.05, 3.63) is 53.1 Å². The smallest absolute Gasteiger partial charge is 0.265 e. The van der Waals surface area contributed by atoms with E-state index in [9.17, 15) is 14.4 Å². The molecule has 2 aromatic carbocycles. The molecule has 2 amide bonds. The van der Waals surface area contributed by atoms with Gasteiger partial charge < -0.3 is 19.7 Å². The zero-order valence-electron chi connectivity index (χ0n) is 19.8. The predicted molar refractivity (Wildman–Crippen MR) is 133 cm³/mol. The summed E-state index contributed by atoms with van der Waals surface area (Å²) in [4.78, 5) is 42.2. The Labute approximate surface area is 210 Å². The maximum absolute atomic E-state index is 12.9. The van der Waals surface area contributed by atoms with E-state index in [4.69, 9.17) is 21.1 Å². The standard InChI is InChI=1S/C26H30ClN3O5/c1-18(26(33)28-11-14-29-12-5-2-6-13-29)30-21-15-19(9-10-24(21)35-17-25(30)32)22(31)16-34-23-8-4-3-7-20(23)27/h3-4,7-10,15,18H,2,5-6,11-14,16-17H2,1H3,(H,28,33). The second-order valence-electron chi connectivity index (χ2n) is 8.75. The molecule has 1 N–H and O–H groups in total. The lowest BCUT2D eigenvalue weighted by Crippen LogP contribution is -2.52. The van der Waals surface area contributed by atoms with Crippen LogP contribution in [0.15, 0.2) is 42.5 Å². The van der Waals surface area contributed by atoms with Crippen molar-refractivity contribution in [3.63, 3.8) is 0 Å². The van der Waals surface area contributed by atoms with Gasteiger partial charge in [0, 0.05) is 18.7 Å². The highest BCUT2D eigenvalue weighted by atomic mass is 35.5. The molecule has 1 unspecified atom stereocenters. The summed E-state index contributed by atoms with van der Waals surface area (Å²) in [6.45, 7) is 4.71. The van der Waals surface area contributed by atoms with E-state index in [-0.39, 0.29) is 30.8 Å². The van der Waals surface area contributed by atoms with E-state index < -0.39 is 6.04 Å². The molecule has 2 aliphatic heterocycles. The minimum absolute atomic E-state index is 0.165. The molecule has 1 fully saturated rings. The van der Waals surface area contributed by atoms with Crippen LogP contribution >= 0.6 is 11.6 Å². The minimum atomic E-state index is -0.753. The normalized spacial score (nSPS) is 16.7. The molecule has 9 heteroatoms. The number of hydrogen-bond acceptors (Lipinski definition) is 6. The third kappa shape index (κ3) is 6.13. The molecule has 4 rings (SSSR count). The largest absolute Gasteiger partial charge is 0.484 e. The van der Waals surface area contributed by atoms with Gasteiger partial charge in [-0.05, 0) is 63.2 Å². The zero-order chi connectivity index (χ0) is 24.8. The molecule has 35 heavy (non-hydrogen) atoms. The van der Waals surface area contributed by atoms with Gasteiger partial charge >= 0.3 is 0 Å². The van der Waals surface area contributed by atoms with Gasteiger partial charge in [-0.25, -0.2) is 0 Å². The Balaban J connectivity index is 1.42. The molecule has 0 spiro atoms. The summed E-state index contributed by atoms with van der Waals surface area (Å²) >= 11 is 6.09. The number of carbonyl (C=O) groups excluding carboxylic acids is 3. The number of nitrogens with zero attached hydrogens (tertiary/aromatic N) is 2.